The number of hydrogen-bond acceptors (Lipinski definition) is 2. The summed E-state index contributed by atoms with van der Waals surface area (Å²) in [5.74, 6) is -0.954. The largest absolute Gasteiger partial charge is 0.478 e. The first-order valence-electron chi connectivity index (χ1n) is 3.42. The lowest BCUT2D eigenvalue weighted by atomic mass is 10.2. The van der Waals surface area contributed by atoms with E-state index in [1.807, 2.05) is 6.07 Å². The van der Waals surface area contributed by atoms with Gasteiger partial charge in [-0.2, -0.15) is 5.26 Å². The molecule has 0 amide bonds. The Balaban J connectivity index is 3.06. The summed E-state index contributed by atoms with van der Waals surface area (Å²) in [7, 11) is 0. The number of rotatable bonds is 2. The molecule has 1 aromatic rings. The van der Waals surface area contributed by atoms with E-state index in [4.69, 9.17) is 10.4 Å². The summed E-state index contributed by atoms with van der Waals surface area (Å²) in [4.78, 5) is 10.5. The van der Waals surface area contributed by atoms with Crippen molar-refractivity contribution in [1.29, 1.82) is 5.26 Å². The van der Waals surface area contributed by atoms with E-state index >= 15 is 0 Å². The molecule has 0 aliphatic heterocycles. The van der Waals surface area contributed by atoms with Gasteiger partial charge in [0.25, 0.3) is 0 Å². The molecule has 4 nitrogen and oxygen atoms in total. The zero-order valence-electron chi connectivity index (χ0n) is 6.61. The molecule has 0 aliphatic rings. The van der Waals surface area contributed by atoms with Crippen LogP contribution in [0.3, 0.4) is 0 Å². The Morgan fingerprint density at radius 2 is 2.50 bits per heavy atom. The quantitative estimate of drug-likeness (QED) is 0.709. The van der Waals surface area contributed by atoms with E-state index in [-0.39, 0.29) is 12.1 Å². The molecule has 12 heavy (non-hydrogen) atoms. The molecule has 0 saturated carbocycles. The highest BCUT2D eigenvalue weighted by molar-refractivity contribution is 5.88. The van der Waals surface area contributed by atoms with Crippen LogP contribution in [0.15, 0.2) is 12.3 Å². The highest BCUT2D eigenvalue weighted by Crippen LogP contribution is 2.08. The molecule has 0 atom stereocenters. The third-order valence-corrected chi connectivity index (χ3v) is 1.71. The first-order chi connectivity index (χ1) is 5.66. The van der Waals surface area contributed by atoms with Crippen LogP contribution in [-0.4, -0.2) is 15.6 Å². The van der Waals surface area contributed by atoms with Gasteiger partial charge in [0.2, 0.25) is 0 Å². The van der Waals surface area contributed by atoms with Gasteiger partial charge in [-0.15, -0.1) is 0 Å². The number of carboxylic acids is 1. The van der Waals surface area contributed by atoms with Crippen LogP contribution in [0.2, 0.25) is 0 Å². The lowest BCUT2D eigenvalue weighted by Gasteiger charge is -1.98. The Bertz CT molecular complexity index is 346. The van der Waals surface area contributed by atoms with Gasteiger partial charge in [-0.25, -0.2) is 4.79 Å². The molecule has 0 fully saturated rings. The molecule has 0 aromatic carbocycles. The molecule has 0 saturated heterocycles. The van der Waals surface area contributed by atoms with E-state index in [0.29, 0.717) is 5.69 Å². The minimum absolute atomic E-state index is 0.194. The zero-order valence-corrected chi connectivity index (χ0v) is 6.61. The lowest BCUT2D eigenvalue weighted by Crippen LogP contribution is -2.01. The Labute approximate surface area is 69.7 Å². The van der Waals surface area contributed by atoms with Crippen LogP contribution >= 0.6 is 0 Å². The van der Waals surface area contributed by atoms with Gasteiger partial charge < -0.3 is 9.67 Å². The average Bonchev–Trinajstić information content (AvgIpc) is 2.34. The van der Waals surface area contributed by atoms with Gasteiger partial charge in [0.15, 0.2) is 0 Å². The molecule has 0 unspecified atom stereocenters. The maximum Gasteiger partial charge on any atom is 0.337 e. The fraction of sp³-hybridized carbons (Fsp3) is 0.250. The Morgan fingerprint density at radius 1 is 1.83 bits per heavy atom. The summed E-state index contributed by atoms with van der Waals surface area (Å²) >= 11 is 0. The van der Waals surface area contributed by atoms with Crippen molar-refractivity contribution < 1.29 is 9.90 Å². The van der Waals surface area contributed by atoms with Crippen molar-refractivity contribution in [3.63, 3.8) is 0 Å². The lowest BCUT2D eigenvalue weighted by molar-refractivity contribution is 0.0696. The number of nitrogens with zero attached hydrogens (tertiary/aromatic N) is 2. The molecule has 4 heteroatoms. The fourth-order valence-electron chi connectivity index (χ4n) is 1.03. The summed E-state index contributed by atoms with van der Waals surface area (Å²) in [6, 6.07) is 3.44. The van der Waals surface area contributed by atoms with Crippen LogP contribution < -0.4 is 0 Å². The molecule has 0 aliphatic carbocycles. The monoisotopic (exact) mass is 164 g/mol. The van der Waals surface area contributed by atoms with Crippen LogP contribution in [0.25, 0.3) is 0 Å². The number of hydrogen-bond donors (Lipinski definition) is 1. The van der Waals surface area contributed by atoms with Crippen LogP contribution in [0.5, 0.6) is 0 Å². The number of carboxylic acid groups (broad SMARTS) is 1. The highest BCUT2D eigenvalue weighted by Gasteiger charge is 2.09. The topological polar surface area (TPSA) is 66.0 Å². The smallest absolute Gasteiger partial charge is 0.337 e. The summed E-state index contributed by atoms with van der Waals surface area (Å²) < 4.78 is 1.60. The maximum atomic E-state index is 10.5. The van der Waals surface area contributed by atoms with Crippen molar-refractivity contribution in [2.75, 3.05) is 0 Å². The molecule has 0 radical (unpaired) electrons. The summed E-state index contributed by atoms with van der Waals surface area (Å²) in [5.41, 5.74) is 0.870. The van der Waals surface area contributed by atoms with Crippen molar-refractivity contribution in [3.8, 4) is 6.07 Å². The third kappa shape index (κ3) is 1.30. The van der Waals surface area contributed by atoms with Crippen LogP contribution in [0.1, 0.15) is 16.1 Å². The van der Waals surface area contributed by atoms with Gasteiger partial charge in [-0.3, -0.25) is 0 Å². The Kier molecular flexibility index (Phi) is 2.15. The number of carbonyl (C=O) groups is 1. The first-order valence-corrected chi connectivity index (χ1v) is 3.42. The van der Waals surface area contributed by atoms with Crippen molar-refractivity contribution in [1.82, 2.24) is 4.57 Å². The van der Waals surface area contributed by atoms with Gasteiger partial charge in [-0.1, -0.05) is 0 Å². The second-order valence-electron chi connectivity index (χ2n) is 2.41. The third-order valence-electron chi connectivity index (χ3n) is 1.71. The van der Waals surface area contributed by atoms with Crippen molar-refractivity contribution in [2.24, 2.45) is 0 Å². The SMILES string of the molecule is Cc1c(C(=O)O)ccn1CC#N. The zero-order chi connectivity index (χ0) is 9.14. The van der Waals surface area contributed by atoms with E-state index in [1.54, 1.807) is 17.7 Å². The van der Waals surface area contributed by atoms with Gasteiger partial charge in [-0.05, 0) is 13.0 Å². The number of nitriles is 1. The van der Waals surface area contributed by atoms with Gasteiger partial charge >= 0.3 is 5.97 Å². The second kappa shape index (κ2) is 3.09. The van der Waals surface area contributed by atoms with E-state index in [2.05, 4.69) is 0 Å². The molecular formula is C8H8N2O2. The van der Waals surface area contributed by atoms with E-state index < -0.39 is 5.97 Å². The highest BCUT2D eigenvalue weighted by atomic mass is 16.4. The predicted molar refractivity (Wildman–Crippen MR) is 41.7 cm³/mol. The normalized spacial score (nSPS) is 9.33. The predicted octanol–water partition coefficient (Wildman–Crippen LogP) is 1.02. The van der Waals surface area contributed by atoms with Gasteiger partial charge in [0.05, 0.1) is 11.6 Å². The standard InChI is InChI=1S/C8H8N2O2/c1-6-7(8(11)12)2-4-10(6)5-3-9/h2,4H,5H2,1H3,(H,11,12). The average molecular weight is 164 g/mol. The molecule has 1 aromatic heterocycles. The van der Waals surface area contributed by atoms with Crippen molar-refractivity contribution in [3.05, 3.63) is 23.5 Å². The Morgan fingerprint density at radius 3 is 2.92 bits per heavy atom. The summed E-state index contributed by atoms with van der Waals surface area (Å²) in [6.07, 6.45) is 1.60. The van der Waals surface area contributed by atoms with Crippen LogP contribution in [0.4, 0.5) is 0 Å². The first kappa shape index (κ1) is 8.34. The minimum atomic E-state index is -0.954. The molecule has 0 bridgehead atoms. The van der Waals surface area contributed by atoms with E-state index in [9.17, 15) is 4.79 Å². The summed E-state index contributed by atoms with van der Waals surface area (Å²) in [6.45, 7) is 1.87. The van der Waals surface area contributed by atoms with Gasteiger partial charge in [0, 0.05) is 11.9 Å². The van der Waals surface area contributed by atoms with E-state index in [1.165, 1.54) is 6.07 Å². The fourth-order valence-corrected chi connectivity index (χ4v) is 1.03. The molecule has 1 rings (SSSR count). The number of aromatic nitrogens is 1. The minimum Gasteiger partial charge on any atom is -0.478 e. The molecule has 1 heterocycles. The molecule has 1 N–H and O–H groups in total. The summed E-state index contributed by atoms with van der Waals surface area (Å²) in [5, 5.41) is 17.0. The van der Waals surface area contributed by atoms with Gasteiger partial charge in [0.1, 0.15) is 6.54 Å². The second-order valence-corrected chi connectivity index (χ2v) is 2.41. The Hall–Kier alpha value is -1.76. The van der Waals surface area contributed by atoms with E-state index in [0.717, 1.165) is 0 Å². The molecule has 0 spiro atoms. The molecule has 62 valence electrons. The molecular weight excluding hydrogens is 156 g/mol. The number of aromatic carboxylic acids is 1. The van der Waals surface area contributed by atoms with Crippen molar-refractivity contribution >= 4 is 5.97 Å². The van der Waals surface area contributed by atoms with Crippen molar-refractivity contribution in [2.45, 2.75) is 13.5 Å². The van der Waals surface area contributed by atoms with Crippen LogP contribution in [0, 0.1) is 18.3 Å². The van der Waals surface area contributed by atoms with Crippen LogP contribution in [-0.2, 0) is 6.54 Å². The maximum absolute atomic E-state index is 10.5.